The predicted molar refractivity (Wildman–Crippen MR) is 98.9 cm³/mol. The number of carbonyl (C=O) groups excluding carboxylic acids is 1. The number of ether oxygens (including phenoxy) is 1. The molecule has 0 aliphatic heterocycles. The maximum atomic E-state index is 12.1. The van der Waals surface area contributed by atoms with Gasteiger partial charge in [-0.1, -0.05) is 34.8 Å². The molecule has 0 fully saturated rings. The number of urea groups is 1. The van der Waals surface area contributed by atoms with Crippen LogP contribution in [0.4, 0.5) is 10.5 Å². The number of benzene rings is 2. The van der Waals surface area contributed by atoms with Crippen molar-refractivity contribution in [1.82, 2.24) is 14.9 Å². The minimum atomic E-state index is -0.281. The number of amides is 2. The van der Waals surface area contributed by atoms with Crippen molar-refractivity contribution in [3.63, 3.8) is 0 Å². The van der Waals surface area contributed by atoms with Gasteiger partial charge >= 0.3 is 6.03 Å². The lowest BCUT2D eigenvalue weighted by atomic mass is 10.1. The highest BCUT2D eigenvalue weighted by molar-refractivity contribution is 7.03. The third-order valence-electron chi connectivity index (χ3n) is 3.67. The molecule has 0 spiro atoms. The van der Waals surface area contributed by atoms with E-state index in [1.165, 1.54) is 11.5 Å². The largest absolute Gasteiger partial charge is 0.495 e. The fraction of sp³-hybridized carbons (Fsp3) is 0.167. The SMILES string of the molecule is COc1ccc(C)cc1NC(=O)NCc1ccc(-c2csnn2)cc1. The fourth-order valence-corrected chi connectivity index (χ4v) is 2.82. The van der Waals surface area contributed by atoms with Gasteiger partial charge in [-0.3, -0.25) is 0 Å². The summed E-state index contributed by atoms with van der Waals surface area (Å²) >= 11 is 1.32. The topological polar surface area (TPSA) is 76.1 Å². The number of anilines is 1. The quantitative estimate of drug-likeness (QED) is 0.730. The normalized spacial score (nSPS) is 10.3. The molecule has 25 heavy (non-hydrogen) atoms. The molecule has 2 amide bonds. The van der Waals surface area contributed by atoms with Crippen molar-refractivity contribution in [1.29, 1.82) is 0 Å². The van der Waals surface area contributed by atoms with E-state index in [1.807, 2.05) is 54.8 Å². The standard InChI is InChI=1S/C18H18N4O2S/c1-12-3-8-17(24-2)15(9-12)20-18(23)19-10-13-4-6-14(7-5-13)16-11-25-22-21-16/h3-9,11H,10H2,1-2H3,(H2,19,20,23). The van der Waals surface area contributed by atoms with Gasteiger partial charge in [0.2, 0.25) is 0 Å². The van der Waals surface area contributed by atoms with Crippen molar-refractivity contribution in [3.05, 3.63) is 59.0 Å². The first-order chi connectivity index (χ1) is 12.2. The predicted octanol–water partition coefficient (Wildman–Crippen LogP) is 3.84. The number of aromatic nitrogens is 2. The Morgan fingerprint density at radius 1 is 1.20 bits per heavy atom. The van der Waals surface area contributed by atoms with Gasteiger partial charge < -0.3 is 15.4 Å². The van der Waals surface area contributed by atoms with Crippen LogP contribution in [0.25, 0.3) is 11.3 Å². The molecule has 0 saturated heterocycles. The molecule has 0 bridgehead atoms. The number of nitrogens with one attached hydrogen (secondary N) is 2. The van der Waals surface area contributed by atoms with Crippen LogP contribution in [-0.4, -0.2) is 22.7 Å². The Morgan fingerprint density at radius 2 is 2.00 bits per heavy atom. The lowest BCUT2D eigenvalue weighted by Crippen LogP contribution is -2.28. The molecular weight excluding hydrogens is 336 g/mol. The van der Waals surface area contributed by atoms with Crippen LogP contribution >= 0.6 is 11.5 Å². The molecule has 0 unspecified atom stereocenters. The molecule has 3 aromatic rings. The number of nitrogens with zero attached hydrogens (tertiary/aromatic N) is 2. The summed E-state index contributed by atoms with van der Waals surface area (Å²) in [5, 5.41) is 11.6. The van der Waals surface area contributed by atoms with Gasteiger partial charge in [-0.2, -0.15) is 0 Å². The summed E-state index contributed by atoms with van der Waals surface area (Å²) < 4.78 is 9.12. The Morgan fingerprint density at radius 3 is 2.68 bits per heavy atom. The van der Waals surface area contributed by atoms with E-state index in [2.05, 4.69) is 20.2 Å². The van der Waals surface area contributed by atoms with Gasteiger partial charge in [0, 0.05) is 17.5 Å². The third kappa shape index (κ3) is 4.33. The number of methoxy groups -OCH3 is 1. The molecule has 0 saturated carbocycles. The Balaban J connectivity index is 1.58. The zero-order chi connectivity index (χ0) is 17.6. The van der Waals surface area contributed by atoms with Crippen LogP contribution in [0, 0.1) is 6.92 Å². The number of carbonyl (C=O) groups is 1. The molecule has 6 nitrogen and oxygen atoms in total. The van der Waals surface area contributed by atoms with Gasteiger partial charge in [-0.25, -0.2) is 4.79 Å². The lowest BCUT2D eigenvalue weighted by Gasteiger charge is -2.12. The number of hydrogen-bond acceptors (Lipinski definition) is 5. The molecule has 1 aromatic heterocycles. The molecule has 3 rings (SSSR count). The maximum Gasteiger partial charge on any atom is 0.319 e. The van der Waals surface area contributed by atoms with Crippen LogP contribution in [0.1, 0.15) is 11.1 Å². The number of rotatable bonds is 5. The minimum absolute atomic E-state index is 0.281. The second kappa shape index (κ2) is 7.76. The molecule has 128 valence electrons. The monoisotopic (exact) mass is 354 g/mol. The van der Waals surface area contributed by atoms with Crippen molar-refractivity contribution < 1.29 is 9.53 Å². The molecule has 1 heterocycles. The smallest absolute Gasteiger partial charge is 0.319 e. The van der Waals surface area contributed by atoms with Crippen LogP contribution in [0.3, 0.4) is 0 Å². The van der Waals surface area contributed by atoms with Crippen LogP contribution in [0.2, 0.25) is 0 Å². The maximum absolute atomic E-state index is 12.1. The Hall–Kier alpha value is -2.93. The summed E-state index contributed by atoms with van der Waals surface area (Å²) in [5.41, 5.74) is 4.55. The molecule has 0 atom stereocenters. The minimum Gasteiger partial charge on any atom is -0.495 e. The second-order valence-corrected chi connectivity index (χ2v) is 6.11. The third-order valence-corrected chi connectivity index (χ3v) is 4.17. The van der Waals surface area contributed by atoms with Crippen molar-refractivity contribution in [3.8, 4) is 17.0 Å². The summed E-state index contributed by atoms with van der Waals surface area (Å²) in [6.45, 7) is 2.39. The molecule has 0 aliphatic rings. The molecule has 0 radical (unpaired) electrons. The highest BCUT2D eigenvalue weighted by atomic mass is 32.1. The average molecular weight is 354 g/mol. The van der Waals surface area contributed by atoms with E-state index < -0.39 is 0 Å². The van der Waals surface area contributed by atoms with Gasteiger partial charge in [0.05, 0.1) is 12.8 Å². The highest BCUT2D eigenvalue weighted by Gasteiger charge is 2.08. The Kier molecular flexibility index (Phi) is 5.25. The second-order valence-electron chi connectivity index (χ2n) is 5.50. The van der Waals surface area contributed by atoms with Crippen molar-refractivity contribution >= 4 is 23.3 Å². The molecule has 0 aliphatic carbocycles. The van der Waals surface area contributed by atoms with Gasteiger partial charge in [-0.15, -0.1) is 5.10 Å². The summed E-state index contributed by atoms with van der Waals surface area (Å²) in [6.07, 6.45) is 0. The van der Waals surface area contributed by atoms with Crippen LogP contribution in [0.15, 0.2) is 47.8 Å². The first-order valence-corrected chi connectivity index (χ1v) is 8.55. The van der Waals surface area contributed by atoms with Crippen LogP contribution in [-0.2, 0) is 6.54 Å². The summed E-state index contributed by atoms with van der Waals surface area (Å²) in [4.78, 5) is 12.1. The van der Waals surface area contributed by atoms with E-state index in [4.69, 9.17) is 4.74 Å². The fourth-order valence-electron chi connectivity index (χ4n) is 2.35. The highest BCUT2D eigenvalue weighted by Crippen LogP contribution is 2.25. The molecular formula is C18H18N4O2S. The summed E-state index contributed by atoms with van der Waals surface area (Å²) in [5.74, 6) is 0.627. The molecule has 7 heteroatoms. The number of hydrogen-bond donors (Lipinski definition) is 2. The first kappa shape index (κ1) is 16.9. The van der Waals surface area contributed by atoms with Crippen LogP contribution in [0.5, 0.6) is 5.75 Å². The lowest BCUT2D eigenvalue weighted by molar-refractivity contribution is 0.251. The van der Waals surface area contributed by atoms with E-state index in [9.17, 15) is 4.79 Å². The van der Waals surface area contributed by atoms with Crippen molar-refractivity contribution in [2.24, 2.45) is 0 Å². The van der Waals surface area contributed by atoms with Gasteiger partial charge in [0.1, 0.15) is 11.4 Å². The van der Waals surface area contributed by atoms with E-state index in [-0.39, 0.29) is 6.03 Å². The van der Waals surface area contributed by atoms with E-state index in [1.54, 1.807) is 7.11 Å². The first-order valence-electron chi connectivity index (χ1n) is 7.71. The van der Waals surface area contributed by atoms with E-state index >= 15 is 0 Å². The molecule has 2 N–H and O–H groups in total. The van der Waals surface area contributed by atoms with Gasteiger partial charge in [0.25, 0.3) is 0 Å². The molecule has 2 aromatic carbocycles. The Bertz CT molecular complexity index is 848. The van der Waals surface area contributed by atoms with Gasteiger partial charge in [-0.05, 0) is 41.7 Å². The summed E-state index contributed by atoms with van der Waals surface area (Å²) in [7, 11) is 1.58. The van der Waals surface area contributed by atoms with Crippen molar-refractivity contribution in [2.75, 3.05) is 12.4 Å². The van der Waals surface area contributed by atoms with Gasteiger partial charge in [0.15, 0.2) is 0 Å². The van der Waals surface area contributed by atoms with Crippen molar-refractivity contribution in [2.45, 2.75) is 13.5 Å². The van der Waals surface area contributed by atoms with Crippen LogP contribution < -0.4 is 15.4 Å². The average Bonchev–Trinajstić information content (AvgIpc) is 3.15. The zero-order valence-electron chi connectivity index (χ0n) is 13.9. The Labute approximate surface area is 150 Å². The number of aryl methyl sites for hydroxylation is 1. The zero-order valence-corrected chi connectivity index (χ0v) is 14.8. The summed E-state index contributed by atoms with van der Waals surface area (Å²) in [6, 6.07) is 13.2. The van der Waals surface area contributed by atoms with E-state index in [0.717, 1.165) is 22.4 Å². The van der Waals surface area contributed by atoms with E-state index in [0.29, 0.717) is 18.0 Å².